The van der Waals surface area contributed by atoms with E-state index in [9.17, 15) is 0 Å². The Morgan fingerprint density at radius 2 is 1.90 bits per heavy atom. The Bertz CT molecular complexity index is 595. The summed E-state index contributed by atoms with van der Waals surface area (Å²) < 4.78 is 0. The van der Waals surface area contributed by atoms with Crippen LogP contribution in [0.15, 0.2) is 36.5 Å². The molecule has 0 unspecified atom stereocenters. The number of benzene rings is 1. The lowest BCUT2D eigenvalue weighted by Crippen LogP contribution is -2.41. The van der Waals surface area contributed by atoms with Crippen molar-refractivity contribution in [2.75, 3.05) is 0 Å². The van der Waals surface area contributed by atoms with Gasteiger partial charge in [-0.1, -0.05) is 32.0 Å². The van der Waals surface area contributed by atoms with Crippen LogP contribution in [0.25, 0.3) is 10.9 Å². The highest BCUT2D eigenvalue weighted by Crippen LogP contribution is 2.40. The molecule has 2 heteroatoms. The Morgan fingerprint density at radius 3 is 2.60 bits per heavy atom. The molecule has 1 aliphatic rings. The molecule has 1 aromatic heterocycles. The Balaban J connectivity index is 1.87. The number of nitrogens with zero attached hydrogens (tertiary/aromatic N) is 1. The molecule has 1 saturated carbocycles. The SMILES string of the molecule is CC(C)C1CCC(N)(c2cnc3ccccc3c2)CC1. The largest absolute Gasteiger partial charge is 0.321 e. The summed E-state index contributed by atoms with van der Waals surface area (Å²) in [5, 5.41) is 1.20. The van der Waals surface area contributed by atoms with E-state index < -0.39 is 0 Å². The fraction of sp³-hybridized carbons (Fsp3) is 0.500. The van der Waals surface area contributed by atoms with Crippen LogP contribution < -0.4 is 5.73 Å². The summed E-state index contributed by atoms with van der Waals surface area (Å²) >= 11 is 0. The first-order valence-electron chi connectivity index (χ1n) is 7.73. The van der Waals surface area contributed by atoms with Crippen LogP contribution in [0, 0.1) is 11.8 Å². The monoisotopic (exact) mass is 268 g/mol. The van der Waals surface area contributed by atoms with E-state index in [0.29, 0.717) is 0 Å². The van der Waals surface area contributed by atoms with Gasteiger partial charge < -0.3 is 5.73 Å². The summed E-state index contributed by atoms with van der Waals surface area (Å²) in [6.07, 6.45) is 6.62. The van der Waals surface area contributed by atoms with Gasteiger partial charge in [0.05, 0.1) is 5.52 Å². The number of pyridine rings is 1. The molecular formula is C18H24N2. The highest BCUT2D eigenvalue weighted by molar-refractivity contribution is 5.79. The molecule has 2 nitrogen and oxygen atoms in total. The quantitative estimate of drug-likeness (QED) is 0.885. The fourth-order valence-corrected chi connectivity index (χ4v) is 3.45. The van der Waals surface area contributed by atoms with Gasteiger partial charge in [0.25, 0.3) is 0 Å². The smallest absolute Gasteiger partial charge is 0.0702 e. The second kappa shape index (κ2) is 5.17. The highest BCUT2D eigenvalue weighted by Gasteiger charge is 2.34. The molecule has 0 saturated heterocycles. The summed E-state index contributed by atoms with van der Waals surface area (Å²) in [6, 6.07) is 10.5. The van der Waals surface area contributed by atoms with Crippen LogP contribution in [0.1, 0.15) is 45.1 Å². The van der Waals surface area contributed by atoms with E-state index in [1.807, 2.05) is 12.3 Å². The predicted molar refractivity (Wildman–Crippen MR) is 84.4 cm³/mol. The first-order valence-corrected chi connectivity index (χ1v) is 7.73. The minimum absolute atomic E-state index is 0.178. The third-order valence-electron chi connectivity index (χ3n) is 5.03. The Morgan fingerprint density at radius 1 is 1.20 bits per heavy atom. The highest BCUT2D eigenvalue weighted by atomic mass is 14.8. The van der Waals surface area contributed by atoms with E-state index in [-0.39, 0.29) is 5.54 Å². The number of fused-ring (bicyclic) bond motifs is 1. The lowest BCUT2D eigenvalue weighted by molar-refractivity contribution is 0.196. The van der Waals surface area contributed by atoms with Crippen molar-refractivity contribution in [2.45, 2.75) is 45.1 Å². The van der Waals surface area contributed by atoms with Crippen molar-refractivity contribution in [3.8, 4) is 0 Å². The molecule has 1 aliphatic carbocycles. The number of para-hydroxylation sites is 1. The Labute approximate surface area is 121 Å². The molecule has 106 valence electrons. The van der Waals surface area contributed by atoms with Crippen molar-refractivity contribution in [1.82, 2.24) is 4.98 Å². The van der Waals surface area contributed by atoms with E-state index in [4.69, 9.17) is 5.73 Å². The van der Waals surface area contributed by atoms with Crippen LogP contribution in [-0.2, 0) is 5.54 Å². The van der Waals surface area contributed by atoms with Gasteiger partial charge in [-0.15, -0.1) is 0 Å². The molecule has 3 rings (SSSR count). The van der Waals surface area contributed by atoms with Gasteiger partial charge >= 0.3 is 0 Å². The third-order valence-corrected chi connectivity index (χ3v) is 5.03. The van der Waals surface area contributed by atoms with Crippen molar-refractivity contribution in [1.29, 1.82) is 0 Å². The normalized spacial score (nSPS) is 27.1. The van der Waals surface area contributed by atoms with E-state index in [1.165, 1.54) is 23.8 Å². The summed E-state index contributed by atoms with van der Waals surface area (Å²) in [6.45, 7) is 4.65. The zero-order chi connectivity index (χ0) is 14.2. The number of rotatable bonds is 2. The van der Waals surface area contributed by atoms with Gasteiger partial charge in [-0.2, -0.15) is 0 Å². The molecule has 0 amide bonds. The third kappa shape index (κ3) is 2.45. The average Bonchev–Trinajstić information content (AvgIpc) is 2.47. The molecule has 20 heavy (non-hydrogen) atoms. The van der Waals surface area contributed by atoms with Crippen molar-refractivity contribution >= 4 is 10.9 Å². The molecule has 1 fully saturated rings. The molecule has 1 heterocycles. The summed E-state index contributed by atoms with van der Waals surface area (Å²) in [7, 11) is 0. The fourth-order valence-electron chi connectivity index (χ4n) is 3.45. The lowest BCUT2D eigenvalue weighted by atomic mass is 9.71. The standard InChI is InChI=1S/C18H24N2/c1-13(2)14-7-9-18(19,10-8-14)16-11-15-5-3-4-6-17(15)20-12-16/h3-6,11-14H,7-10,19H2,1-2H3. The van der Waals surface area contributed by atoms with Gasteiger partial charge in [0.2, 0.25) is 0 Å². The average molecular weight is 268 g/mol. The van der Waals surface area contributed by atoms with E-state index >= 15 is 0 Å². The molecule has 0 atom stereocenters. The summed E-state index contributed by atoms with van der Waals surface area (Å²) in [5.74, 6) is 1.61. The Hall–Kier alpha value is -1.41. The maximum Gasteiger partial charge on any atom is 0.0702 e. The van der Waals surface area contributed by atoms with Gasteiger partial charge in [0, 0.05) is 17.1 Å². The molecule has 0 bridgehead atoms. The van der Waals surface area contributed by atoms with E-state index in [2.05, 4.69) is 43.1 Å². The number of hydrogen-bond donors (Lipinski definition) is 1. The van der Waals surface area contributed by atoms with Gasteiger partial charge in [-0.05, 0) is 55.2 Å². The zero-order valence-electron chi connectivity index (χ0n) is 12.5. The predicted octanol–water partition coefficient (Wildman–Crippen LogP) is 4.24. The minimum atomic E-state index is -0.178. The number of hydrogen-bond acceptors (Lipinski definition) is 2. The molecule has 1 aromatic carbocycles. The summed E-state index contributed by atoms with van der Waals surface area (Å²) in [5.41, 5.74) is 8.77. The molecule has 0 aliphatic heterocycles. The molecular weight excluding hydrogens is 244 g/mol. The zero-order valence-corrected chi connectivity index (χ0v) is 12.5. The minimum Gasteiger partial charge on any atom is -0.321 e. The first-order chi connectivity index (χ1) is 9.58. The van der Waals surface area contributed by atoms with Crippen LogP contribution in [0.3, 0.4) is 0 Å². The van der Waals surface area contributed by atoms with Crippen molar-refractivity contribution < 1.29 is 0 Å². The summed E-state index contributed by atoms with van der Waals surface area (Å²) in [4.78, 5) is 4.58. The van der Waals surface area contributed by atoms with Crippen LogP contribution in [0.5, 0.6) is 0 Å². The van der Waals surface area contributed by atoms with E-state index in [0.717, 1.165) is 30.2 Å². The van der Waals surface area contributed by atoms with Crippen LogP contribution >= 0.6 is 0 Å². The second-order valence-corrected chi connectivity index (χ2v) is 6.65. The van der Waals surface area contributed by atoms with Crippen LogP contribution in [0.2, 0.25) is 0 Å². The molecule has 2 aromatic rings. The van der Waals surface area contributed by atoms with Gasteiger partial charge in [-0.25, -0.2) is 0 Å². The number of aromatic nitrogens is 1. The molecule has 0 spiro atoms. The van der Waals surface area contributed by atoms with Crippen molar-refractivity contribution in [3.63, 3.8) is 0 Å². The van der Waals surface area contributed by atoms with Gasteiger partial charge in [0.1, 0.15) is 0 Å². The maximum atomic E-state index is 6.69. The maximum absolute atomic E-state index is 6.69. The molecule has 2 N–H and O–H groups in total. The van der Waals surface area contributed by atoms with Crippen LogP contribution in [-0.4, -0.2) is 4.98 Å². The second-order valence-electron chi connectivity index (χ2n) is 6.65. The van der Waals surface area contributed by atoms with Gasteiger partial charge in [-0.3, -0.25) is 4.98 Å². The van der Waals surface area contributed by atoms with Crippen LogP contribution in [0.4, 0.5) is 0 Å². The number of nitrogens with two attached hydrogens (primary N) is 1. The first kappa shape index (κ1) is 13.6. The lowest BCUT2D eigenvalue weighted by Gasteiger charge is -2.39. The van der Waals surface area contributed by atoms with E-state index in [1.54, 1.807) is 0 Å². The van der Waals surface area contributed by atoms with Crippen molar-refractivity contribution in [2.24, 2.45) is 17.6 Å². The van der Waals surface area contributed by atoms with Crippen molar-refractivity contribution in [3.05, 3.63) is 42.1 Å². The topological polar surface area (TPSA) is 38.9 Å². The Kier molecular flexibility index (Phi) is 3.51. The van der Waals surface area contributed by atoms with Gasteiger partial charge in [0.15, 0.2) is 0 Å². The molecule has 0 radical (unpaired) electrons.